The van der Waals surface area contributed by atoms with Crippen molar-refractivity contribution < 1.29 is 14.4 Å². The molecule has 0 bridgehead atoms. The van der Waals surface area contributed by atoms with Crippen molar-refractivity contribution in [3.8, 4) is 11.3 Å². The fourth-order valence-electron chi connectivity index (χ4n) is 1.92. The van der Waals surface area contributed by atoms with Crippen LogP contribution in [0.1, 0.15) is 30.8 Å². The number of benzene rings is 1. The summed E-state index contributed by atoms with van der Waals surface area (Å²) in [6, 6.07) is 8.72. The smallest absolute Gasteiger partial charge is 0.289 e. The average Bonchev–Trinajstić information content (AvgIpc) is 2.96. The summed E-state index contributed by atoms with van der Waals surface area (Å²) in [4.78, 5) is 12.0. The lowest BCUT2D eigenvalue weighted by Crippen LogP contribution is -2.28. The zero-order chi connectivity index (χ0) is 16.1. The number of carbonyl (C=O) groups is 1. The summed E-state index contributed by atoms with van der Waals surface area (Å²) < 4.78 is 5.06. The van der Waals surface area contributed by atoms with E-state index >= 15 is 0 Å². The Balaban J connectivity index is 1.95. The minimum absolute atomic E-state index is 0.133. The zero-order valence-electron chi connectivity index (χ0n) is 12.5. The summed E-state index contributed by atoms with van der Waals surface area (Å²) in [5.41, 5.74) is 1.33. The third-order valence-corrected chi connectivity index (χ3v) is 3.58. The van der Waals surface area contributed by atoms with Gasteiger partial charge in [0.25, 0.3) is 5.91 Å². The molecule has 2 aromatic rings. The molecule has 2 N–H and O–H groups in total. The molecule has 0 aliphatic heterocycles. The number of nitrogens with zero attached hydrogens (tertiary/aromatic N) is 1. The number of nitrogens with one attached hydrogen (secondary N) is 1. The van der Waals surface area contributed by atoms with Crippen LogP contribution in [0.25, 0.3) is 11.3 Å². The first-order valence-electron chi connectivity index (χ1n) is 7.16. The van der Waals surface area contributed by atoms with Gasteiger partial charge in [0.15, 0.2) is 0 Å². The third kappa shape index (κ3) is 4.32. The molecule has 1 amide bonds. The van der Waals surface area contributed by atoms with Crippen molar-refractivity contribution in [1.29, 1.82) is 0 Å². The fourth-order valence-corrected chi connectivity index (χ4v) is 2.11. The second-order valence-corrected chi connectivity index (χ2v) is 5.88. The van der Waals surface area contributed by atoms with Crippen LogP contribution in [0.3, 0.4) is 0 Å². The standard InChI is InChI=1S/C16H19ClN2O3/c1-10(2)14(20)6-7-18-16(21)15-9-13(19-22-15)11-4-3-5-12(17)8-11/h3-5,8-10,14,20H,6-7H2,1-2H3,(H,18,21). The van der Waals surface area contributed by atoms with E-state index in [1.165, 1.54) is 0 Å². The molecule has 0 spiro atoms. The highest BCUT2D eigenvalue weighted by atomic mass is 35.5. The van der Waals surface area contributed by atoms with E-state index in [0.717, 1.165) is 5.56 Å². The average molecular weight is 323 g/mol. The molecule has 1 aromatic heterocycles. The Morgan fingerprint density at radius 2 is 2.18 bits per heavy atom. The van der Waals surface area contributed by atoms with Crippen LogP contribution in [0.2, 0.25) is 5.02 Å². The highest BCUT2D eigenvalue weighted by Gasteiger charge is 2.15. The van der Waals surface area contributed by atoms with Crippen LogP contribution in [-0.4, -0.2) is 28.8 Å². The number of halogens is 1. The SMILES string of the molecule is CC(C)C(O)CCNC(=O)c1cc(-c2cccc(Cl)c2)no1. The van der Waals surface area contributed by atoms with Gasteiger partial charge in [-0.25, -0.2) is 0 Å². The van der Waals surface area contributed by atoms with E-state index in [1.54, 1.807) is 24.3 Å². The van der Waals surface area contributed by atoms with Crippen LogP contribution in [0.4, 0.5) is 0 Å². The quantitative estimate of drug-likeness (QED) is 0.856. The van der Waals surface area contributed by atoms with Crippen LogP contribution in [0, 0.1) is 5.92 Å². The van der Waals surface area contributed by atoms with Crippen molar-refractivity contribution in [1.82, 2.24) is 10.5 Å². The lowest BCUT2D eigenvalue weighted by Gasteiger charge is -2.13. The number of amides is 1. The third-order valence-electron chi connectivity index (χ3n) is 3.35. The minimum Gasteiger partial charge on any atom is -0.393 e. The van der Waals surface area contributed by atoms with Gasteiger partial charge in [-0.1, -0.05) is 42.7 Å². The van der Waals surface area contributed by atoms with Crippen LogP contribution in [-0.2, 0) is 0 Å². The highest BCUT2D eigenvalue weighted by Crippen LogP contribution is 2.22. The highest BCUT2D eigenvalue weighted by molar-refractivity contribution is 6.30. The summed E-state index contributed by atoms with van der Waals surface area (Å²) in [5.74, 6) is -0.0534. The molecule has 0 fully saturated rings. The maximum Gasteiger partial charge on any atom is 0.289 e. The number of hydrogen-bond donors (Lipinski definition) is 2. The molecular weight excluding hydrogens is 304 g/mol. The Kier molecular flexibility index (Phi) is 5.57. The predicted octanol–water partition coefficient (Wildman–Crippen LogP) is 3.13. The summed E-state index contributed by atoms with van der Waals surface area (Å²) in [6.07, 6.45) is 0.0654. The Labute approximate surface area is 134 Å². The molecule has 1 atom stereocenters. The number of aromatic nitrogens is 1. The first kappa shape index (κ1) is 16.5. The number of hydrogen-bond acceptors (Lipinski definition) is 4. The molecule has 0 aliphatic carbocycles. The van der Waals surface area contributed by atoms with Gasteiger partial charge in [-0.3, -0.25) is 4.79 Å². The van der Waals surface area contributed by atoms with Crippen molar-refractivity contribution in [3.63, 3.8) is 0 Å². The van der Waals surface area contributed by atoms with E-state index in [2.05, 4.69) is 10.5 Å². The Morgan fingerprint density at radius 3 is 2.86 bits per heavy atom. The summed E-state index contributed by atoms with van der Waals surface area (Å²) >= 11 is 5.93. The van der Waals surface area contributed by atoms with Gasteiger partial charge >= 0.3 is 0 Å². The largest absolute Gasteiger partial charge is 0.393 e. The number of carbonyl (C=O) groups excluding carboxylic acids is 1. The van der Waals surface area contributed by atoms with Gasteiger partial charge in [0.05, 0.1) is 6.10 Å². The molecule has 22 heavy (non-hydrogen) atoms. The molecule has 5 nitrogen and oxygen atoms in total. The molecule has 1 aromatic carbocycles. The maximum absolute atomic E-state index is 12.0. The van der Waals surface area contributed by atoms with E-state index in [1.807, 2.05) is 19.9 Å². The Morgan fingerprint density at radius 1 is 1.41 bits per heavy atom. The van der Waals surface area contributed by atoms with Gasteiger partial charge in [0.1, 0.15) is 5.69 Å². The molecule has 1 heterocycles. The fraction of sp³-hybridized carbons (Fsp3) is 0.375. The number of rotatable bonds is 6. The molecule has 1 unspecified atom stereocenters. The van der Waals surface area contributed by atoms with Crippen LogP contribution < -0.4 is 5.32 Å². The van der Waals surface area contributed by atoms with Crippen LogP contribution >= 0.6 is 11.6 Å². The number of aliphatic hydroxyl groups is 1. The Bertz CT molecular complexity index is 640. The molecule has 0 radical (unpaired) electrons. The summed E-state index contributed by atoms with van der Waals surface area (Å²) in [6.45, 7) is 4.24. The first-order valence-corrected chi connectivity index (χ1v) is 7.54. The minimum atomic E-state index is -0.433. The Hall–Kier alpha value is -1.85. The van der Waals surface area contributed by atoms with Crippen molar-refractivity contribution >= 4 is 17.5 Å². The second-order valence-electron chi connectivity index (χ2n) is 5.44. The van der Waals surface area contributed by atoms with Crippen molar-refractivity contribution in [2.45, 2.75) is 26.4 Å². The lowest BCUT2D eigenvalue weighted by molar-refractivity contribution is 0.0886. The monoisotopic (exact) mass is 322 g/mol. The molecule has 2 rings (SSSR count). The molecule has 0 saturated heterocycles. The van der Waals surface area contributed by atoms with E-state index < -0.39 is 6.10 Å². The van der Waals surface area contributed by atoms with Crippen LogP contribution in [0.5, 0.6) is 0 Å². The van der Waals surface area contributed by atoms with E-state index in [9.17, 15) is 9.90 Å². The van der Waals surface area contributed by atoms with Crippen molar-refractivity contribution in [3.05, 3.63) is 41.1 Å². The second kappa shape index (κ2) is 7.42. The first-order chi connectivity index (χ1) is 10.5. The topological polar surface area (TPSA) is 75.4 Å². The van der Waals surface area contributed by atoms with Crippen molar-refractivity contribution in [2.75, 3.05) is 6.54 Å². The summed E-state index contributed by atoms with van der Waals surface area (Å²) in [7, 11) is 0. The number of aliphatic hydroxyl groups excluding tert-OH is 1. The predicted molar refractivity (Wildman–Crippen MR) is 84.7 cm³/mol. The molecule has 118 valence electrons. The van der Waals surface area contributed by atoms with E-state index in [4.69, 9.17) is 16.1 Å². The van der Waals surface area contributed by atoms with Gasteiger partial charge in [-0.2, -0.15) is 0 Å². The van der Waals surface area contributed by atoms with Crippen LogP contribution in [0.15, 0.2) is 34.9 Å². The van der Waals surface area contributed by atoms with Gasteiger partial charge < -0.3 is 14.9 Å². The molecule has 0 aliphatic rings. The van der Waals surface area contributed by atoms with Gasteiger partial charge in [-0.15, -0.1) is 0 Å². The van der Waals surface area contributed by atoms with Gasteiger partial charge in [0.2, 0.25) is 5.76 Å². The lowest BCUT2D eigenvalue weighted by atomic mass is 10.0. The van der Waals surface area contributed by atoms with E-state index in [-0.39, 0.29) is 17.6 Å². The normalized spacial score (nSPS) is 12.4. The molecule has 0 saturated carbocycles. The van der Waals surface area contributed by atoms with Gasteiger partial charge in [0, 0.05) is 23.2 Å². The summed E-state index contributed by atoms with van der Waals surface area (Å²) in [5, 5.41) is 16.9. The molecular formula is C16H19ClN2O3. The van der Waals surface area contributed by atoms with E-state index in [0.29, 0.717) is 23.7 Å². The van der Waals surface area contributed by atoms with Gasteiger partial charge in [-0.05, 0) is 24.5 Å². The molecule has 6 heteroatoms. The van der Waals surface area contributed by atoms with Crippen molar-refractivity contribution in [2.24, 2.45) is 5.92 Å². The zero-order valence-corrected chi connectivity index (χ0v) is 13.3. The maximum atomic E-state index is 12.0.